The van der Waals surface area contributed by atoms with Crippen LogP contribution in [0.4, 0.5) is 0 Å². The molecule has 25 heavy (non-hydrogen) atoms. The van der Waals surface area contributed by atoms with Crippen LogP contribution in [0, 0.1) is 0 Å². The molecule has 3 heteroatoms. The van der Waals surface area contributed by atoms with Crippen LogP contribution in [-0.2, 0) is 0 Å². The summed E-state index contributed by atoms with van der Waals surface area (Å²) in [4.78, 5) is 4.65. The molecule has 1 heterocycles. The van der Waals surface area contributed by atoms with E-state index in [0.717, 1.165) is 31.9 Å². The Balaban J connectivity index is 2.04. The summed E-state index contributed by atoms with van der Waals surface area (Å²) in [7, 11) is 0. The number of unbranched alkanes of at least 4 members (excludes halogenated alkanes) is 10. The number of rotatable bonds is 15. The Kier molecular flexibility index (Phi) is 12.1. The molecule has 0 fully saturated rings. The Morgan fingerprint density at radius 1 is 0.960 bits per heavy atom. The van der Waals surface area contributed by atoms with Gasteiger partial charge in [0, 0.05) is 6.92 Å². The summed E-state index contributed by atoms with van der Waals surface area (Å²) in [5.74, 6) is 1.16. The van der Waals surface area contributed by atoms with E-state index in [9.17, 15) is 5.11 Å². The summed E-state index contributed by atoms with van der Waals surface area (Å²) in [6, 6.07) is 0. The van der Waals surface area contributed by atoms with E-state index in [-0.39, 0.29) is 6.23 Å². The standard InChI is InChI=1S/C22H43N2O/c1-4-6-7-8-9-10-11-12-13-14-15-16-17-18-22-23-19-20-24(22,5-2)21(3)25/h16-17,21,25H,4-15,18-20H2,1-3H3/q+1/b17-16+. The normalized spacial score (nSPS) is 21.8. The quantitative estimate of drug-likeness (QED) is 0.225. The lowest BCUT2D eigenvalue weighted by atomic mass is 10.1. The topological polar surface area (TPSA) is 32.6 Å². The molecule has 1 rings (SSSR count). The Bertz CT molecular complexity index is 389. The molecule has 1 aliphatic heterocycles. The summed E-state index contributed by atoms with van der Waals surface area (Å²) in [6.07, 6.45) is 20.3. The molecule has 0 aromatic heterocycles. The van der Waals surface area contributed by atoms with Crippen molar-refractivity contribution in [2.45, 2.75) is 104 Å². The van der Waals surface area contributed by atoms with Crippen molar-refractivity contribution in [2.24, 2.45) is 4.99 Å². The summed E-state index contributed by atoms with van der Waals surface area (Å²) >= 11 is 0. The van der Waals surface area contributed by atoms with Gasteiger partial charge in [0.05, 0.1) is 19.5 Å². The highest BCUT2D eigenvalue weighted by Gasteiger charge is 2.39. The van der Waals surface area contributed by atoms with E-state index in [4.69, 9.17) is 0 Å². The second-order valence-corrected chi connectivity index (χ2v) is 7.65. The molecule has 1 aliphatic rings. The highest BCUT2D eigenvalue weighted by atomic mass is 16.3. The second-order valence-electron chi connectivity index (χ2n) is 7.65. The van der Waals surface area contributed by atoms with Gasteiger partial charge in [-0.2, -0.15) is 0 Å². The molecular weight excluding hydrogens is 308 g/mol. The average molecular weight is 352 g/mol. The van der Waals surface area contributed by atoms with Crippen LogP contribution in [0.3, 0.4) is 0 Å². The first-order valence-electron chi connectivity index (χ1n) is 10.9. The van der Waals surface area contributed by atoms with Crippen molar-refractivity contribution < 1.29 is 9.59 Å². The van der Waals surface area contributed by atoms with E-state index in [1.807, 2.05) is 6.92 Å². The van der Waals surface area contributed by atoms with Crippen LogP contribution in [0.25, 0.3) is 0 Å². The Hall–Kier alpha value is -0.670. The van der Waals surface area contributed by atoms with Gasteiger partial charge in [0.1, 0.15) is 6.54 Å². The summed E-state index contributed by atoms with van der Waals surface area (Å²) in [5, 5.41) is 10.1. The maximum atomic E-state index is 10.1. The zero-order valence-electron chi connectivity index (χ0n) is 17.2. The Morgan fingerprint density at radius 3 is 2.12 bits per heavy atom. The third-order valence-electron chi connectivity index (χ3n) is 5.78. The number of aliphatic hydroxyl groups excluding tert-OH is 1. The van der Waals surface area contributed by atoms with Gasteiger partial charge in [-0.05, 0) is 19.8 Å². The van der Waals surface area contributed by atoms with Gasteiger partial charge in [-0.15, -0.1) is 0 Å². The molecule has 0 radical (unpaired) electrons. The molecule has 0 saturated carbocycles. The number of allylic oxidation sites excluding steroid dienone is 1. The molecule has 0 amide bonds. The first-order valence-corrected chi connectivity index (χ1v) is 10.9. The van der Waals surface area contributed by atoms with Crippen LogP contribution in [0.1, 0.15) is 97.8 Å². The SMILES string of the molecule is CCCCCCCCCCCC/C=C/CC1=NCC[N+]1(CC)C(C)O. The third-order valence-corrected chi connectivity index (χ3v) is 5.78. The van der Waals surface area contributed by atoms with Gasteiger partial charge in [0.2, 0.25) is 5.84 Å². The van der Waals surface area contributed by atoms with Crippen molar-refractivity contribution in [2.75, 3.05) is 19.6 Å². The van der Waals surface area contributed by atoms with Crippen LogP contribution < -0.4 is 0 Å². The zero-order chi connectivity index (χ0) is 18.4. The number of quaternary nitrogens is 1. The number of nitrogens with zero attached hydrogens (tertiary/aromatic N) is 2. The maximum absolute atomic E-state index is 10.1. The number of hydrogen-bond acceptors (Lipinski definition) is 2. The summed E-state index contributed by atoms with van der Waals surface area (Å²) in [5.41, 5.74) is 0. The smallest absolute Gasteiger partial charge is 0.204 e. The fourth-order valence-corrected chi connectivity index (χ4v) is 3.94. The lowest BCUT2D eigenvalue weighted by molar-refractivity contribution is -0.882. The second kappa shape index (κ2) is 13.5. The van der Waals surface area contributed by atoms with Gasteiger partial charge < -0.3 is 5.11 Å². The van der Waals surface area contributed by atoms with Gasteiger partial charge in [-0.25, -0.2) is 4.99 Å². The molecule has 3 nitrogen and oxygen atoms in total. The zero-order valence-corrected chi connectivity index (χ0v) is 17.2. The van der Waals surface area contributed by atoms with E-state index in [2.05, 4.69) is 31.0 Å². The lowest BCUT2D eigenvalue weighted by Gasteiger charge is -2.35. The minimum atomic E-state index is -0.346. The first-order chi connectivity index (χ1) is 12.2. The minimum absolute atomic E-state index is 0.346. The average Bonchev–Trinajstić information content (AvgIpc) is 3.03. The van der Waals surface area contributed by atoms with Gasteiger partial charge >= 0.3 is 0 Å². The predicted molar refractivity (Wildman–Crippen MR) is 110 cm³/mol. The van der Waals surface area contributed by atoms with Crippen LogP contribution >= 0.6 is 0 Å². The van der Waals surface area contributed by atoms with Gasteiger partial charge in [-0.1, -0.05) is 76.9 Å². The van der Waals surface area contributed by atoms with E-state index >= 15 is 0 Å². The first kappa shape index (κ1) is 22.4. The molecule has 0 saturated heterocycles. The number of amidine groups is 1. The lowest BCUT2D eigenvalue weighted by Crippen LogP contribution is -2.56. The minimum Gasteiger partial charge on any atom is -0.345 e. The molecule has 0 aromatic rings. The highest BCUT2D eigenvalue weighted by molar-refractivity contribution is 5.78. The van der Waals surface area contributed by atoms with Crippen LogP contribution in [0.2, 0.25) is 0 Å². The number of aliphatic imine (C=N–C) groups is 1. The van der Waals surface area contributed by atoms with Crippen molar-refractivity contribution in [3.8, 4) is 0 Å². The summed E-state index contributed by atoms with van der Waals surface area (Å²) < 4.78 is 0.669. The molecular formula is C22H43N2O+. The maximum Gasteiger partial charge on any atom is 0.204 e. The van der Waals surface area contributed by atoms with Crippen molar-refractivity contribution in [1.29, 1.82) is 0 Å². The highest BCUT2D eigenvalue weighted by Crippen LogP contribution is 2.21. The molecule has 2 atom stereocenters. The predicted octanol–water partition coefficient (Wildman–Crippen LogP) is 5.83. The van der Waals surface area contributed by atoms with Crippen molar-refractivity contribution >= 4 is 5.84 Å². The molecule has 2 unspecified atom stereocenters. The van der Waals surface area contributed by atoms with Crippen LogP contribution in [0.5, 0.6) is 0 Å². The van der Waals surface area contributed by atoms with Crippen molar-refractivity contribution in [1.82, 2.24) is 0 Å². The molecule has 0 aliphatic carbocycles. The number of hydrogen-bond donors (Lipinski definition) is 1. The molecule has 0 aromatic carbocycles. The fraction of sp³-hybridized carbons (Fsp3) is 0.864. The van der Waals surface area contributed by atoms with Gasteiger partial charge in [-0.3, -0.25) is 4.48 Å². The monoisotopic (exact) mass is 351 g/mol. The van der Waals surface area contributed by atoms with Crippen molar-refractivity contribution in [3.05, 3.63) is 12.2 Å². The Morgan fingerprint density at radius 2 is 1.56 bits per heavy atom. The van der Waals surface area contributed by atoms with E-state index in [0.29, 0.717) is 4.48 Å². The van der Waals surface area contributed by atoms with Crippen LogP contribution in [-0.4, -0.2) is 41.3 Å². The van der Waals surface area contributed by atoms with E-state index in [1.54, 1.807) is 0 Å². The van der Waals surface area contributed by atoms with Gasteiger partial charge in [0.15, 0.2) is 6.23 Å². The molecule has 0 spiro atoms. The van der Waals surface area contributed by atoms with Crippen molar-refractivity contribution in [3.63, 3.8) is 0 Å². The van der Waals surface area contributed by atoms with Gasteiger partial charge in [0.25, 0.3) is 0 Å². The Labute approximate surface area is 156 Å². The number of aliphatic hydroxyl groups is 1. The molecule has 0 bridgehead atoms. The number of likely N-dealkylation sites (N-methyl/N-ethyl adjacent to an activating group) is 1. The third kappa shape index (κ3) is 8.04. The van der Waals surface area contributed by atoms with Crippen LogP contribution in [0.15, 0.2) is 17.1 Å². The van der Waals surface area contributed by atoms with E-state index in [1.165, 1.54) is 70.6 Å². The summed E-state index contributed by atoms with van der Waals surface area (Å²) in [6.45, 7) is 9.08. The fourth-order valence-electron chi connectivity index (χ4n) is 3.94. The molecule has 1 N–H and O–H groups in total. The largest absolute Gasteiger partial charge is 0.345 e. The molecule has 146 valence electrons. The van der Waals surface area contributed by atoms with E-state index < -0.39 is 0 Å².